The van der Waals surface area contributed by atoms with Gasteiger partial charge in [-0.05, 0) is 45.9 Å². The van der Waals surface area contributed by atoms with E-state index in [1.54, 1.807) is 0 Å². The average molecular weight is 245 g/mol. The van der Waals surface area contributed by atoms with Crippen molar-refractivity contribution in [3.05, 3.63) is 10.4 Å². The predicted molar refractivity (Wildman–Crippen MR) is 67.9 cm³/mol. The van der Waals surface area contributed by atoms with Crippen molar-refractivity contribution in [2.24, 2.45) is 5.11 Å². The van der Waals surface area contributed by atoms with Gasteiger partial charge in [-0.2, -0.15) is 0 Å². The summed E-state index contributed by atoms with van der Waals surface area (Å²) in [6.45, 7) is 13.1. The smallest absolute Gasteiger partial charge is 0.184 e. The van der Waals surface area contributed by atoms with E-state index in [2.05, 4.69) is 29.7 Å². The first-order valence-electron chi connectivity index (χ1n) is 5.47. The minimum absolute atomic E-state index is 0.137. The van der Waals surface area contributed by atoms with E-state index < -0.39 is 8.32 Å². The zero-order chi connectivity index (χ0) is 12.8. The molecule has 94 valence electrons. The highest BCUT2D eigenvalue weighted by Gasteiger charge is 2.22. The van der Waals surface area contributed by atoms with Crippen LogP contribution in [0, 0.1) is 0 Å². The van der Waals surface area contributed by atoms with E-state index >= 15 is 0 Å². The normalized spacial score (nSPS) is 14.4. The molecule has 0 heterocycles. The van der Waals surface area contributed by atoms with Gasteiger partial charge in [-0.15, -0.1) is 0 Å². The molecule has 5 nitrogen and oxygen atoms in total. The molecule has 6 heteroatoms. The zero-order valence-electron chi connectivity index (χ0n) is 11.1. The Bertz CT molecular complexity index is 252. The van der Waals surface area contributed by atoms with E-state index in [1.165, 1.54) is 0 Å². The minimum Gasteiger partial charge on any atom is -0.412 e. The van der Waals surface area contributed by atoms with Crippen LogP contribution in [0.1, 0.15) is 20.8 Å². The van der Waals surface area contributed by atoms with Crippen LogP contribution in [0.3, 0.4) is 0 Å². The average Bonchev–Trinajstić information content (AvgIpc) is 2.06. The summed E-state index contributed by atoms with van der Waals surface area (Å²) in [6, 6.07) is 0. The SMILES string of the molecule is CC(C)(C)OCC(CN=[N+]=[N-])O[Si](C)(C)C. The molecule has 0 saturated heterocycles. The molecule has 0 spiro atoms. The van der Waals surface area contributed by atoms with Crippen molar-refractivity contribution in [2.75, 3.05) is 13.2 Å². The van der Waals surface area contributed by atoms with Crippen LogP contribution in [0.25, 0.3) is 10.4 Å². The number of rotatable bonds is 6. The summed E-state index contributed by atoms with van der Waals surface area (Å²) in [5, 5.41) is 3.55. The van der Waals surface area contributed by atoms with Gasteiger partial charge in [0.2, 0.25) is 0 Å². The largest absolute Gasteiger partial charge is 0.412 e. The van der Waals surface area contributed by atoms with Gasteiger partial charge in [0.05, 0.1) is 24.9 Å². The molecule has 0 aliphatic rings. The van der Waals surface area contributed by atoms with Crippen LogP contribution in [-0.2, 0) is 9.16 Å². The molecule has 0 fully saturated rings. The van der Waals surface area contributed by atoms with Gasteiger partial charge in [0.15, 0.2) is 8.32 Å². The molecular formula is C10H23N3O2Si. The summed E-state index contributed by atoms with van der Waals surface area (Å²) in [6.07, 6.45) is -0.137. The molecule has 0 bridgehead atoms. The quantitative estimate of drug-likeness (QED) is 0.312. The van der Waals surface area contributed by atoms with Gasteiger partial charge in [-0.1, -0.05) is 5.11 Å². The molecule has 1 unspecified atom stereocenters. The van der Waals surface area contributed by atoms with Gasteiger partial charge < -0.3 is 9.16 Å². The lowest BCUT2D eigenvalue weighted by Gasteiger charge is -2.28. The lowest BCUT2D eigenvalue weighted by molar-refractivity contribution is -0.0413. The van der Waals surface area contributed by atoms with Crippen LogP contribution in [0.4, 0.5) is 0 Å². The molecule has 0 radical (unpaired) electrons. The van der Waals surface area contributed by atoms with Crippen LogP contribution in [0.15, 0.2) is 5.11 Å². The number of nitrogens with zero attached hydrogens (tertiary/aromatic N) is 3. The first kappa shape index (κ1) is 15.4. The molecule has 0 rings (SSSR count). The zero-order valence-corrected chi connectivity index (χ0v) is 12.1. The highest BCUT2D eigenvalue weighted by Crippen LogP contribution is 2.12. The van der Waals surface area contributed by atoms with Crippen molar-refractivity contribution in [2.45, 2.75) is 52.1 Å². The summed E-state index contributed by atoms with van der Waals surface area (Å²) >= 11 is 0. The van der Waals surface area contributed by atoms with Gasteiger partial charge in [-0.25, -0.2) is 0 Å². The first-order chi connectivity index (χ1) is 7.14. The fourth-order valence-electron chi connectivity index (χ4n) is 1.09. The van der Waals surface area contributed by atoms with E-state index in [-0.39, 0.29) is 11.7 Å². The van der Waals surface area contributed by atoms with Crippen molar-refractivity contribution in [1.29, 1.82) is 0 Å². The monoisotopic (exact) mass is 245 g/mol. The predicted octanol–water partition coefficient (Wildman–Crippen LogP) is 3.33. The fourth-order valence-corrected chi connectivity index (χ4v) is 2.24. The van der Waals surface area contributed by atoms with E-state index in [1.807, 2.05) is 20.8 Å². The maximum Gasteiger partial charge on any atom is 0.184 e. The summed E-state index contributed by atoms with van der Waals surface area (Å²) < 4.78 is 11.5. The highest BCUT2D eigenvalue weighted by molar-refractivity contribution is 6.69. The third-order valence-corrected chi connectivity index (χ3v) is 2.61. The molecule has 0 amide bonds. The second-order valence-corrected chi connectivity index (χ2v) is 10.1. The van der Waals surface area contributed by atoms with Crippen molar-refractivity contribution >= 4 is 8.32 Å². The molecule has 0 aliphatic heterocycles. The van der Waals surface area contributed by atoms with E-state index in [0.717, 1.165) is 0 Å². The molecule has 16 heavy (non-hydrogen) atoms. The van der Waals surface area contributed by atoms with Gasteiger partial charge in [0, 0.05) is 4.91 Å². The summed E-state index contributed by atoms with van der Waals surface area (Å²) in [5.41, 5.74) is 8.12. The number of hydrogen-bond donors (Lipinski definition) is 0. The molecule has 1 atom stereocenters. The highest BCUT2D eigenvalue weighted by atomic mass is 28.4. The Balaban J connectivity index is 4.26. The Hall–Kier alpha value is -0.553. The van der Waals surface area contributed by atoms with Gasteiger partial charge in [0.1, 0.15) is 0 Å². The van der Waals surface area contributed by atoms with Crippen LogP contribution in [0.5, 0.6) is 0 Å². The van der Waals surface area contributed by atoms with Crippen LogP contribution < -0.4 is 0 Å². The molecule has 0 aromatic carbocycles. The number of hydrogen-bond acceptors (Lipinski definition) is 3. The van der Waals surface area contributed by atoms with Crippen molar-refractivity contribution in [3.8, 4) is 0 Å². The van der Waals surface area contributed by atoms with E-state index in [0.29, 0.717) is 13.2 Å². The Kier molecular flexibility index (Phi) is 6.03. The van der Waals surface area contributed by atoms with E-state index in [9.17, 15) is 0 Å². The summed E-state index contributed by atoms with van der Waals surface area (Å²) in [7, 11) is -1.63. The summed E-state index contributed by atoms with van der Waals surface area (Å²) in [4.78, 5) is 2.75. The Morgan fingerprint density at radius 2 is 1.88 bits per heavy atom. The van der Waals surface area contributed by atoms with E-state index in [4.69, 9.17) is 14.7 Å². The second-order valence-electron chi connectivity index (χ2n) is 5.69. The van der Waals surface area contributed by atoms with Gasteiger partial charge in [-0.3, -0.25) is 0 Å². The van der Waals surface area contributed by atoms with Crippen LogP contribution in [-0.4, -0.2) is 33.2 Å². The Morgan fingerprint density at radius 1 is 1.31 bits per heavy atom. The maximum absolute atomic E-state index is 8.31. The van der Waals surface area contributed by atoms with Crippen molar-refractivity contribution < 1.29 is 9.16 Å². The first-order valence-corrected chi connectivity index (χ1v) is 8.87. The van der Waals surface area contributed by atoms with Crippen LogP contribution in [0.2, 0.25) is 19.6 Å². The van der Waals surface area contributed by atoms with Crippen molar-refractivity contribution in [3.63, 3.8) is 0 Å². The third-order valence-electron chi connectivity index (χ3n) is 1.57. The Morgan fingerprint density at radius 3 is 2.25 bits per heavy atom. The maximum atomic E-state index is 8.31. The van der Waals surface area contributed by atoms with Crippen molar-refractivity contribution in [1.82, 2.24) is 0 Å². The number of ether oxygens (including phenoxy) is 1. The van der Waals surface area contributed by atoms with Gasteiger partial charge >= 0.3 is 0 Å². The standard InChI is InChI=1S/C10H23N3O2Si/c1-10(2,3)14-8-9(7-12-13-11)15-16(4,5)6/h9H,7-8H2,1-6H3. The molecular weight excluding hydrogens is 222 g/mol. The lowest BCUT2D eigenvalue weighted by Crippen LogP contribution is -2.38. The Labute approximate surface area is 98.9 Å². The molecule has 0 N–H and O–H groups in total. The molecule has 0 aliphatic carbocycles. The molecule has 0 saturated carbocycles. The van der Waals surface area contributed by atoms with Gasteiger partial charge in [0.25, 0.3) is 0 Å². The third kappa shape index (κ3) is 9.98. The second kappa shape index (κ2) is 6.25. The van der Waals surface area contributed by atoms with Crippen LogP contribution >= 0.6 is 0 Å². The molecule has 0 aromatic heterocycles. The lowest BCUT2D eigenvalue weighted by atomic mass is 10.2. The fraction of sp³-hybridized carbons (Fsp3) is 1.00. The number of azide groups is 1. The molecule has 0 aromatic rings. The minimum atomic E-state index is -1.63. The topological polar surface area (TPSA) is 67.2 Å². The summed E-state index contributed by atoms with van der Waals surface area (Å²) in [5.74, 6) is 0.